The number of hydrogen-bond donors (Lipinski definition) is 2. The highest BCUT2D eigenvalue weighted by Gasteiger charge is 2.43. The van der Waals surface area contributed by atoms with Crippen LogP contribution in [0.25, 0.3) is 0 Å². The second kappa shape index (κ2) is 11.0. The van der Waals surface area contributed by atoms with E-state index in [1.807, 2.05) is 24.3 Å². The van der Waals surface area contributed by atoms with E-state index in [2.05, 4.69) is 5.32 Å². The van der Waals surface area contributed by atoms with Gasteiger partial charge < -0.3 is 20.9 Å². The summed E-state index contributed by atoms with van der Waals surface area (Å²) < 4.78 is 13.4. The van der Waals surface area contributed by atoms with E-state index in [1.165, 1.54) is 40.1 Å². The maximum atomic E-state index is 13.4. The molecule has 3 aromatic carbocycles. The quantitative estimate of drug-likeness (QED) is 0.374. The molecule has 1 aliphatic heterocycles. The van der Waals surface area contributed by atoms with Crippen molar-refractivity contribution in [2.75, 3.05) is 13.1 Å². The fourth-order valence-corrected chi connectivity index (χ4v) is 4.16. The number of carbonyl (C=O) groups is 3. The van der Waals surface area contributed by atoms with E-state index in [9.17, 15) is 28.9 Å². The molecular weight excluding hydrogens is 481 g/mol. The number of nitro benzene ring substituents is 1. The molecule has 1 unspecified atom stereocenters. The molecule has 190 valence electrons. The smallest absolute Gasteiger partial charge is 0.270 e. The minimum absolute atomic E-state index is 0.0127. The van der Waals surface area contributed by atoms with Gasteiger partial charge in [0, 0.05) is 49.4 Å². The minimum atomic E-state index is -1.32. The molecule has 11 heteroatoms. The molecule has 0 spiro atoms. The minimum Gasteiger partial charge on any atom is -0.349 e. The summed E-state index contributed by atoms with van der Waals surface area (Å²) in [6.45, 7) is 0.517. The van der Waals surface area contributed by atoms with Gasteiger partial charge in [-0.25, -0.2) is 4.39 Å². The fourth-order valence-electron chi connectivity index (χ4n) is 4.16. The zero-order valence-corrected chi connectivity index (χ0v) is 19.7. The lowest BCUT2D eigenvalue weighted by atomic mass is 10.1. The SMILES string of the molecule is NCc1cccc(CNC(=O)C2N(C(=O)c3ccc(F)cc3)CCN2C(=O)c2cccc([N+](=O)[O-])c2)c1. The number of nitrogens with one attached hydrogen (secondary N) is 1. The number of benzene rings is 3. The summed E-state index contributed by atoms with van der Waals surface area (Å²) in [5.41, 5.74) is 7.23. The molecule has 1 heterocycles. The predicted molar refractivity (Wildman–Crippen MR) is 132 cm³/mol. The molecule has 1 aliphatic rings. The molecular formula is C26H24FN5O5. The number of hydrogen-bond acceptors (Lipinski definition) is 6. The molecule has 0 bridgehead atoms. The van der Waals surface area contributed by atoms with Gasteiger partial charge in [0.05, 0.1) is 4.92 Å². The topological polar surface area (TPSA) is 139 Å². The summed E-state index contributed by atoms with van der Waals surface area (Å²) in [6.07, 6.45) is -1.32. The van der Waals surface area contributed by atoms with Gasteiger partial charge in [0.15, 0.2) is 6.17 Å². The lowest BCUT2D eigenvalue weighted by Crippen LogP contribution is -2.53. The van der Waals surface area contributed by atoms with E-state index in [1.54, 1.807) is 0 Å². The van der Waals surface area contributed by atoms with E-state index in [4.69, 9.17) is 5.73 Å². The first kappa shape index (κ1) is 25.5. The molecule has 4 rings (SSSR count). The van der Waals surface area contributed by atoms with Gasteiger partial charge in [-0.1, -0.05) is 30.3 Å². The third-order valence-electron chi connectivity index (χ3n) is 6.02. The molecule has 10 nitrogen and oxygen atoms in total. The Morgan fingerprint density at radius 1 is 0.919 bits per heavy atom. The van der Waals surface area contributed by atoms with Crippen LogP contribution in [0.2, 0.25) is 0 Å². The van der Waals surface area contributed by atoms with Crippen molar-refractivity contribution in [1.82, 2.24) is 15.1 Å². The van der Waals surface area contributed by atoms with Gasteiger partial charge >= 0.3 is 0 Å². The fraction of sp³-hybridized carbons (Fsp3) is 0.192. The largest absolute Gasteiger partial charge is 0.349 e. The van der Waals surface area contributed by atoms with Gasteiger partial charge in [0.2, 0.25) is 0 Å². The summed E-state index contributed by atoms with van der Waals surface area (Å²) in [4.78, 5) is 53.0. The van der Waals surface area contributed by atoms with Gasteiger partial charge in [-0.15, -0.1) is 0 Å². The average molecular weight is 506 g/mol. The summed E-state index contributed by atoms with van der Waals surface area (Å²) in [7, 11) is 0. The van der Waals surface area contributed by atoms with Crippen LogP contribution >= 0.6 is 0 Å². The Bertz CT molecular complexity index is 1350. The third kappa shape index (κ3) is 5.62. The highest BCUT2D eigenvalue weighted by Crippen LogP contribution is 2.23. The van der Waals surface area contributed by atoms with Gasteiger partial charge in [-0.2, -0.15) is 0 Å². The number of rotatable bonds is 7. The van der Waals surface area contributed by atoms with E-state index in [0.717, 1.165) is 29.3 Å². The van der Waals surface area contributed by atoms with Crippen molar-refractivity contribution in [2.24, 2.45) is 5.73 Å². The number of halogens is 1. The maximum Gasteiger partial charge on any atom is 0.270 e. The lowest BCUT2D eigenvalue weighted by Gasteiger charge is -2.29. The van der Waals surface area contributed by atoms with Crippen molar-refractivity contribution in [2.45, 2.75) is 19.3 Å². The highest BCUT2D eigenvalue weighted by molar-refractivity contribution is 6.02. The van der Waals surface area contributed by atoms with Crippen LogP contribution in [0.5, 0.6) is 0 Å². The molecule has 1 saturated heterocycles. The van der Waals surface area contributed by atoms with Crippen LogP contribution in [0.15, 0.2) is 72.8 Å². The molecule has 3 N–H and O–H groups in total. The van der Waals surface area contributed by atoms with Gasteiger partial charge in [0.25, 0.3) is 23.4 Å². The standard InChI is InChI=1S/C26H24FN5O5/c27-21-9-7-19(8-10-21)25(34)30-11-12-31(26(35)20-5-2-6-22(14-20)32(36)37)24(30)23(33)29-16-18-4-1-3-17(13-18)15-28/h1-10,13-14,24H,11-12,15-16,28H2,(H,29,33). The highest BCUT2D eigenvalue weighted by atomic mass is 19.1. The van der Waals surface area contributed by atoms with Crippen LogP contribution in [-0.2, 0) is 17.9 Å². The van der Waals surface area contributed by atoms with Crippen molar-refractivity contribution in [1.29, 1.82) is 0 Å². The number of carbonyl (C=O) groups excluding carboxylic acids is 3. The van der Waals surface area contributed by atoms with Crippen LogP contribution in [0.1, 0.15) is 31.8 Å². The molecule has 0 aliphatic carbocycles. The molecule has 1 atom stereocenters. The number of nitro groups is 1. The van der Waals surface area contributed by atoms with Crippen LogP contribution in [-0.4, -0.2) is 51.7 Å². The Morgan fingerprint density at radius 2 is 1.54 bits per heavy atom. The van der Waals surface area contributed by atoms with Gasteiger partial charge in [-0.05, 0) is 41.5 Å². The maximum absolute atomic E-state index is 13.4. The van der Waals surface area contributed by atoms with E-state index >= 15 is 0 Å². The van der Waals surface area contributed by atoms with Crippen molar-refractivity contribution in [3.05, 3.63) is 111 Å². The van der Waals surface area contributed by atoms with Crippen molar-refractivity contribution < 1.29 is 23.7 Å². The Kier molecular flexibility index (Phi) is 7.54. The Labute approximate surface area is 211 Å². The predicted octanol–water partition coefficient (Wildman–Crippen LogP) is 2.43. The second-order valence-electron chi connectivity index (χ2n) is 8.43. The molecule has 3 aromatic rings. The van der Waals surface area contributed by atoms with Crippen LogP contribution in [0, 0.1) is 15.9 Å². The summed E-state index contributed by atoms with van der Waals surface area (Å²) >= 11 is 0. The Balaban J connectivity index is 1.62. The van der Waals surface area contributed by atoms with Crippen LogP contribution < -0.4 is 11.1 Å². The summed E-state index contributed by atoms with van der Waals surface area (Å²) in [5.74, 6) is -2.32. The number of non-ortho nitro benzene ring substituents is 1. The van der Waals surface area contributed by atoms with E-state index in [-0.39, 0.29) is 36.4 Å². The van der Waals surface area contributed by atoms with Gasteiger partial charge in [-0.3, -0.25) is 24.5 Å². The normalized spacial score (nSPS) is 14.9. The van der Waals surface area contributed by atoms with Crippen LogP contribution in [0.4, 0.5) is 10.1 Å². The van der Waals surface area contributed by atoms with Crippen LogP contribution in [0.3, 0.4) is 0 Å². The first-order valence-corrected chi connectivity index (χ1v) is 11.5. The number of nitrogens with two attached hydrogens (primary N) is 1. The number of amides is 3. The molecule has 1 fully saturated rings. The molecule has 37 heavy (non-hydrogen) atoms. The van der Waals surface area contributed by atoms with E-state index < -0.39 is 34.6 Å². The van der Waals surface area contributed by atoms with Crippen molar-refractivity contribution in [3.8, 4) is 0 Å². The molecule has 0 saturated carbocycles. The number of nitrogens with zero attached hydrogens (tertiary/aromatic N) is 3. The molecule has 0 radical (unpaired) electrons. The summed E-state index contributed by atoms with van der Waals surface area (Å²) in [5, 5.41) is 14.0. The van der Waals surface area contributed by atoms with Crippen molar-refractivity contribution >= 4 is 23.4 Å². The average Bonchev–Trinajstić information content (AvgIpc) is 3.36. The van der Waals surface area contributed by atoms with E-state index in [0.29, 0.717) is 6.54 Å². The second-order valence-corrected chi connectivity index (χ2v) is 8.43. The van der Waals surface area contributed by atoms with Gasteiger partial charge in [0.1, 0.15) is 5.82 Å². The summed E-state index contributed by atoms with van der Waals surface area (Å²) in [6, 6.07) is 17.3. The first-order chi connectivity index (χ1) is 17.8. The molecule has 3 amide bonds. The lowest BCUT2D eigenvalue weighted by molar-refractivity contribution is -0.384. The first-order valence-electron chi connectivity index (χ1n) is 11.5. The monoisotopic (exact) mass is 505 g/mol. The Morgan fingerprint density at radius 3 is 2.19 bits per heavy atom. The zero-order valence-electron chi connectivity index (χ0n) is 19.7. The zero-order chi connectivity index (χ0) is 26.5. The molecule has 0 aromatic heterocycles. The Hall–Kier alpha value is -4.64. The van der Waals surface area contributed by atoms with Crippen molar-refractivity contribution in [3.63, 3.8) is 0 Å². The third-order valence-corrected chi connectivity index (χ3v) is 6.02.